The van der Waals surface area contributed by atoms with Crippen LogP contribution in [0.2, 0.25) is 0 Å². The number of imidazole rings is 1. The summed E-state index contributed by atoms with van der Waals surface area (Å²) in [6.45, 7) is 2.76. The number of sulfonamides is 1. The average Bonchev–Trinajstić information content (AvgIpc) is 3.08. The van der Waals surface area contributed by atoms with Gasteiger partial charge in [0.15, 0.2) is 5.03 Å². The highest BCUT2D eigenvalue weighted by Crippen LogP contribution is 2.21. The van der Waals surface area contributed by atoms with Crippen molar-refractivity contribution in [3.63, 3.8) is 0 Å². The van der Waals surface area contributed by atoms with Gasteiger partial charge in [0.25, 0.3) is 10.0 Å². The summed E-state index contributed by atoms with van der Waals surface area (Å²) in [5.41, 5.74) is 1.10. The van der Waals surface area contributed by atoms with Gasteiger partial charge in [-0.3, -0.25) is 4.98 Å². The molecule has 0 radical (unpaired) electrons. The third-order valence-electron chi connectivity index (χ3n) is 4.81. The molecule has 0 atom stereocenters. The molecule has 0 N–H and O–H groups in total. The molecule has 136 valence electrons. The number of rotatable bonds is 6. The van der Waals surface area contributed by atoms with E-state index in [1.807, 2.05) is 24.4 Å². The lowest BCUT2D eigenvalue weighted by atomic mass is 10.1. The molecule has 0 spiro atoms. The Labute approximate surface area is 149 Å². The van der Waals surface area contributed by atoms with Crippen molar-refractivity contribution < 1.29 is 8.42 Å². The SMILES string of the molecule is CN(C1CCN(CCc2ccccn2)CC1)S(=O)(=O)c1cn(C)cn1. The van der Waals surface area contributed by atoms with E-state index in [1.54, 1.807) is 24.9 Å². The first kappa shape index (κ1) is 18.0. The molecule has 0 amide bonds. The summed E-state index contributed by atoms with van der Waals surface area (Å²) in [6, 6.07) is 6.00. The quantitative estimate of drug-likeness (QED) is 0.770. The van der Waals surface area contributed by atoms with Gasteiger partial charge >= 0.3 is 0 Å². The Bertz CT molecular complexity index is 782. The highest BCUT2D eigenvalue weighted by atomic mass is 32.2. The number of nitrogens with zero attached hydrogens (tertiary/aromatic N) is 5. The van der Waals surface area contributed by atoms with Crippen LogP contribution in [0.3, 0.4) is 0 Å². The molecule has 3 rings (SSSR count). The molecule has 7 nitrogen and oxygen atoms in total. The largest absolute Gasteiger partial charge is 0.339 e. The third-order valence-corrected chi connectivity index (χ3v) is 6.60. The van der Waals surface area contributed by atoms with E-state index >= 15 is 0 Å². The molecule has 1 aliphatic heterocycles. The van der Waals surface area contributed by atoms with Crippen molar-refractivity contribution in [2.45, 2.75) is 30.3 Å². The smallest absolute Gasteiger partial charge is 0.262 e. The Kier molecular flexibility index (Phi) is 5.51. The Hall–Kier alpha value is -1.77. The number of piperidine rings is 1. The van der Waals surface area contributed by atoms with Crippen molar-refractivity contribution in [2.24, 2.45) is 7.05 Å². The maximum absolute atomic E-state index is 12.7. The number of pyridine rings is 1. The molecule has 0 aromatic carbocycles. The Morgan fingerprint density at radius 3 is 2.60 bits per heavy atom. The lowest BCUT2D eigenvalue weighted by Crippen LogP contribution is -2.46. The van der Waals surface area contributed by atoms with E-state index in [4.69, 9.17) is 0 Å². The lowest BCUT2D eigenvalue weighted by Gasteiger charge is -2.35. The van der Waals surface area contributed by atoms with E-state index in [2.05, 4.69) is 14.9 Å². The molecule has 3 heterocycles. The first-order valence-corrected chi connectivity index (χ1v) is 9.99. The number of hydrogen-bond donors (Lipinski definition) is 0. The summed E-state index contributed by atoms with van der Waals surface area (Å²) in [7, 11) is -0.0828. The molecule has 0 saturated carbocycles. The average molecular weight is 363 g/mol. The fourth-order valence-corrected chi connectivity index (χ4v) is 4.57. The minimum absolute atomic E-state index is 0.0260. The van der Waals surface area contributed by atoms with Crippen LogP contribution < -0.4 is 0 Å². The molecule has 8 heteroatoms. The minimum Gasteiger partial charge on any atom is -0.339 e. The second-order valence-corrected chi connectivity index (χ2v) is 8.49. The summed E-state index contributed by atoms with van der Waals surface area (Å²) < 4.78 is 28.5. The Balaban J connectivity index is 1.53. The maximum Gasteiger partial charge on any atom is 0.262 e. The first-order chi connectivity index (χ1) is 12.0. The fraction of sp³-hybridized carbons (Fsp3) is 0.529. The van der Waals surface area contributed by atoms with Crippen LogP contribution in [-0.4, -0.2) is 64.9 Å². The molecule has 1 saturated heterocycles. The standard InChI is InChI=1S/C17H25N5O2S/c1-20-13-17(19-14-20)25(23,24)21(2)16-7-11-22(12-8-16)10-6-15-5-3-4-9-18-15/h3-5,9,13-14,16H,6-8,10-12H2,1-2H3. The first-order valence-electron chi connectivity index (χ1n) is 8.55. The summed E-state index contributed by atoms with van der Waals surface area (Å²) in [6.07, 6.45) is 7.48. The van der Waals surface area contributed by atoms with Crippen LogP contribution in [0.5, 0.6) is 0 Å². The van der Waals surface area contributed by atoms with Gasteiger partial charge in [-0.2, -0.15) is 4.31 Å². The van der Waals surface area contributed by atoms with Crippen LogP contribution in [0.25, 0.3) is 0 Å². The van der Waals surface area contributed by atoms with Crippen LogP contribution in [0.4, 0.5) is 0 Å². The van der Waals surface area contributed by atoms with Crippen LogP contribution in [0.1, 0.15) is 18.5 Å². The normalized spacial score (nSPS) is 17.2. The second kappa shape index (κ2) is 7.63. The number of hydrogen-bond acceptors (Lipinski definition) is 5. The van der Waals surface area contributed by atoms with Gasteiger partial charge in [-0.15, -0.1) is 0 Å². The van der Waals surface area contributed by atoms with Gasteiger partial charge in [-0.1, -0.05) is 6.07 Å². The van der Waals surface area contributed by atoms with Crippen LogP contribution in [0.15, 0.2) is 41.9 Å². The zero-order valence-electron chi connectivity index (χ0n) is 14.7. The van der Waals surface area contributed by atoms with Gasteiger partial charge in [0.05, 0.1) is 6.33 Å². The lowest BCUT2D eigenvalue weighted by molar-refractivity contribution is 0.171. The van der Waals surface area contributed by atoms with Gasteiger partial charge in [0.1, 0.15) is 0 Å². The number of likely N-dealkylation sites (tertiary alicyclic amines) is 1. The summed E-state index contributed by atoms with van der Waals surface area (Å²) in [5, 5.41) is 0.120. The van der Waals surface area contributed by atoms with Crippen molar-refractivity contribution in [2.75, 3.05) is 26.7 Å². The predicted molar refractivity (Wildman–Crippen MR) is 95.6 cm³/mol. The summed E-state index contributed by atoms with van der Waals surface area (Å²) >= 11 is 0. The van der Waals surface area contributed by atoms with Gasteiger partial charge in [0, 0.05) is 51.2 Å². The van der Waals surface area contributed by atoms with Gasteiger partial charge < -0.3 is 9.47 Å². The predicted octanol–water partition coefficient (Wildman–Crippen LogP) is 1.14. The van der Waals surface area contributed by atoms with Gasteiger partial charge in [-0.25, -0.2) is 13.4 Å². The van der Waals surface area contributed by atoms with E-state index in [1.165, 1.54) is 10.6 Å². The molecule has 2 aromatic heterocycles. The fourth-order valence-electron chi connectivity index (χ4n) is 3.19. The highest BCUT2D eigenvalue weighted by molar-refractivity contribution is 7.89. The van der Waals surface area contributed by atoms with Crippen molar-refractivity contribution in [3.8, 4) is 0 Å². The van der Waals surface area contributed by atoms with Crippen molar-refractivity contribution in [3.05, 3.63) is 42.6 Å². The van der Waals surface area contributed by atoms with Crippen molar-refractivity contribution in [1.29, 1.82) is 0 Å². The molecule has 0 bridgehead atoms. The Morgan fingerprint density at radius 1 is 1.24 bits per heavy atom. The zero-order valence-corrected chi connectivity index (χ0v) is 15.6. The zero-order chi connectivity index (χ0) is 17.9. The molecule has 25 heavy (non-hydrogen) atoms. The Morgan fingerprint density at radius 2 is 2.00 bits per heavy atom. The molecule has 1 fully saturated rings. The molecule has 0 unspecified atom stereocenters. The van der Waals surface area contributed by atoms with Crippen LogP contribution in [0, 0.1) is 0 Å². The molecule has 1 aliphatic rings. The van der Waals surface area contributed by atoms with Gasteiger partial charge in [-0.05, 0) is 38.1 Å². The van der Waals surface area contributed by atoms with E-state index in [-0.39, 0.29) is 11.1 Å². The summed E-state index contributed by atoms with van der Waals surface area (Å²) in [5.74, 6) is 0. The third kappa shape index (κ3) is 4.26. The van der Waals surface area contributed by atoms with Crippen molar-refractivity contribution >= 4 is 10.0 Å². The summed E-state index contributed by atoms with van der Waals surface area (Å²) in [4.78, 5) is 10.7. The maximum atomic E-state index is 12.7. The topological polar surface area (TPSA) is 71.3 Å². The highest BCUT2D eigenvalue weighted by Gasteiger charge is 2.32. The number of aromatic nitrogens is 3. The molecular formula is C17H25N5O2S. The van der Waals surface area contributed by atoms with E-state index in [0.717, 1.165) is 44.6 Å². The van der Waals surface area contributed by atoms with E-state index in [9.17, 15) is 8.42 Å². The minimum atomic E-state index is -3.52. The monoisotopic (exact) mass is 363 g/mol. The van der Waals surface area contributed by atoms with Gasteiger partial charge in [0.2, 0.25) is 0 Å². The number of aryl methyl sites for hydroxylation is 1. The van der Waals surface area contributed by atoms with E-state index < -0.39 is 10.0 Å². The van der Waals surface area contributed by atoms with Crippen LogP contribution >= 0.6 is 0 Å². The van der Waals surface area contributed by atoms with E-state index in [0.29, 0.717) is 0 Å². The second-order valence-electron chi connectivity index (χ2n) is 6.54. The molecular weight excluding hydrogens is 338 g/mol. The molecule has 2 aromatic rings. The van der Waals surface area contributed by atoms with Crippen molar-refractivity contribution in [1.82, 2.24) is 23.7 Å². The molecule has 0 aliphatic carbocycles. The van der Waals surface area contributed by atoms with Crippen LogP contribution in [-0.2, 0) is 23.5 Å².